The van der Waals surface area contributed by atoms with E-state index < -0.39 is 0 Å². The van der Waals surface area contributed by atoms with Gasteiger partial charge in [-0.1, -0.05) is 6.92 Å². The third-order valence-electron chi connectivity index (χ3n) is 2.67. The van der Waals surface area contributed by atoms with E-state index >= 15 is 0 Å². The topological polar surface area (TPSA) is 78.7 Å². The minimum atomic E-state index is -0.0815. The SMILES string of the molecule is CCC(N)Cn1cnc2c(cnn2C)c1=O. The lowest BCUT2D eigenvalue weighted by molar-refractivity contribution is 0.524. The molecule has 2 rings (SSSR count). The fraction of sp³-hybridized carbons (Fsp3) is 0.500. The van der Waals surface area contributed by atoms with Crippen LogP contribution in [0.3, 0.4) is 0 Å². The van der Waals surface area contributed by atoms with Crippen LogP contribution in [-0.2, 0) is 13.6 Å². The molecule has 0 bridgehead atoms. The summed E-state index contributed by atoms with van der Waals surface area (Å²) >= 11 is 0. The first-order valence-electron chi connectivity index (χ1n) is 5.26. The van der Waals surface area contributed by atoms with Crippen molar-refractivity contribution in [2.24, 2.45) is 12.8 Å². The van der Waals surface area contributed by atoms with Crippen LogP contribution in [0, 0.1) is 0 Å². The van der Waals surface area contributed by atoms with Crippen LogP contribution in [0.1, 0.15) is 13.3 Å². The number of nitrogens with zero attached hydrogens (tertiary/aromatic N) is 4. The van der Waals surface area contributed by atoms with Crippen LogP contribution in [0.15, 0.2) is 17.3 Å². The summed E-state index contributed by atoms with van der Waals surface area (Å²) in [5.74, 6) is 0. The van der Waals surface area contributed by atoms with Crippen molar-refractivity contribution in [3.63, 3.8) is 0 Å². The molecule has 0 saturated heterocycles. The molecule has 6 heteroatoms. The van der Waals surface area contributed by atoms with Gasteiger partial charge in [-0.3, -0.25) is 14.0 Å². The zero-order chi connectivity index (χ0) is 11.7. The summed E-state index contributed by atoms with van der Waals surface area (Å²) in [6.45, 7) is 2.49. The molecule has 2 aromatic heterocycles. The van der Waals surface area contributed by atoms with E-state index in [1.54, 1.807) is 17.9 Å². The fourth-order valence-electron chi connectivity index (χ4n) is 1.58. The van der Waals surface area contributed by atoms with Crippen LogP contribution < -0.4 is 11.3 Å². The third-order valence-corrected chi connectivity index (χ3v) is 2.67. The predicted molar refractivity (Wildman–Crippen MR) is 61.0 cm³/mol. The van der Waals surface area contributed by atoms with Gasteiger partial charge in [0.1, 0.15) is 11.7 Å². The second-order valence-electron chi connectivity index (χ2n) is 3.88. The first-order valence-corrected chi connectivity index (χ1v) is 5.26. The summed E-state index contributed by atoms with van der Waals surface area (Å²) in [6, 6.07) is -0.0198. The zero-order valence-corrected chi connectivity index (χ0v) is 9.42. The van der Waals surface area contributed by atoms with Gasteiger partial charge in [0.15, 0.2) is 5.65 Å². The van der Waals surface area contributed by atoms with Gasteiger partial charge in [-0.15, -0.1) is 0 Å². The number of aryl methyl sites for hydroxylation is 1. The smallest absolute Gasteiger partial charge is 0.264 e. The minimum Gasteiger partial charge on any atom is -0.326 e. The molecule has 0 fully saturated rings. The second-order valence-corrected chi connectivity index (χ2v) is 3.88. The molecule has 0 aromatic carbocycles. The van der Waals surface area contributed by atoms with E-state index in [9.17, 15) is 4.79 Å². The van der Waals surface area contributed by atoms with Gasteiger partial charge in [-0.05, 0) is 6.42 Å². The Bertz CT molecular complexity index is 556. The van der Waals surface area contributed by atoms with Crippen LogP contribution in [0.4, 0.5) is 0 Å². The Morgan fingerprint density at radius 2 is 2.31 bits per heavy atom. The number of aromatic nitrogens is 4. The molecule has 0 radical (unpaired) electrons. The van der Waals surface area contributed by atoms with E-state index in [-0.39, 0.29) is 11.6 Å². The first-order chi connectivity index (χ1) is 7.63. The lowest BCUT2D eigenvalue weighted by atomic mass is 10.2. The lowest BCUT2D eigenvalue weighted by Gasteiger charge is -2.10. The van der Waals surface area contributed by atoms with Crippen molar-refractivity contribution in [3.8, 4) is 0 Å². The van der Waals surface area contributed by atoms with E-state index in [1.807, 2.05) is 6.92 Å². The maximum absolute atomic E-state index is 12.0. The van der Waals surface area contributed by atoms with E-state index in [0.29, 0.717) is 17.6 Å². The van der Waals surface area contributed by atoms with Gasteiger partial charge in [0.25, 0.3) is 5.56 Å². The summed E-state index contributed by atoms with van der Waals surface area (Å²) in [5.41, 5.74) is 6.34. The van der Waals surface area contributed by atoms with E-state index in [0.717, 1.165) is 6.42 Å². The molecule has 2 aromatic rings. The highest BCUT2D eigenvalue weighted by Gasteiger charge is 2.09. The molecule has 0 aliphatic heterocycles. The fourth-order valence-corrected chi connectivity index (χ4v) is 1.58. The van der Waals surface area contributed by atoms with E-state index in [1.165, 1.54) is 10.9 Å². The van der Waals surface area contributed by atoms with Gasteiger partial charge in [0.05, 0.1) is 6.20 Å². The van der Waals surface area contributed by atoms with E-state index in [4.69, 9.17) is 5.73 Å². The quantitative estimate of drug-likeness (QED) is 0.783. The van der Waals surface area contributed by atoms with Gasteiger partial charge in [-0.2, -0.15) is 5.10 Å². The molecule has 0 spiro atoms. The maximum atomic E-state index is 12.0. The molecule has 0 saturated carbocycles. The molecule has 0 amide bonds. The Labute approximate surface area is 92.7 Å². The standard InChI is InChI=1S/C10H15N5O/c1-3-7(11)5-15-6-12-9-8(10(15)16)4-13-14(9)2/h4,6-7H,3,5,11H2,1-2H3. The van der Waals surface area contributed by atoms with Crippen LogP contribution >= 0.6 is 0 Å². The van der Waals surface area contributed by atoms with Gasteiger partial charge in [0, 0.05) is 19.6 Å². The highest BCUT2D eigenvalue weighted by molar-refractivity contribution is 5.72. The average molecular weight is 221 g/mol. The average Bonchev–Trinajstić information content (AvgIpc) is 2.65. The normalized spacial score (nSPS) is 13.2. The zero-order valence-electron chi connectivity index (χ0n) is 9.42. The molecule has 2 N–H and O–H groups in total. The van der Waals surface area contributed by atoms with Gasteiger partial charge in [-0.25, -0.2) is 4.98 Å². The Hall–Kier alpha value is -1.69. The highest BCUT2D eigenvalue weighted by atomic mass is 16.1. The van der Waals surface area contributed by atoms with Gasteiger partial charge in [0.2, 0.25) is 0 Å². The Balaban J connectivity index is 2.49. The summed E-state index contributed by atoms with van der Waals surface area (Å²) in [6.07, 6.45) is 3.90. The van der Waals surface area contributed by atoms with Gasteiger partial charge < -0.3 is 5.73 Å². The van der Waals surface area contributed by atoms with Gasteiger partial charge >= 0.3 is 0 Å². The van der Waals surface area contributed by atoms with Crippen molar-refractivity contribution in [2.75, 3.05) is 0 Å². The number of hydrogen-bond donors (Lipinski definition) is 1. The van der Waals surface area contributed by atoms with Crippen LogP contribution in [0.25, 0.3) is 11.0 Å². The van der Waals surface area contributed by atoms with Crippen molar-refractivity contribution in [1.82, 2.24) is 19.3 Å². The molecule has 16 heavy (non-hydrogen) atoms. The van der Waals surface area contributed by atoms with Crippen molar-refractivity contribution in [2.45, 2.75) is 25.9 Å². The lowest BCUT2D eigenvalue weighted by Crippen LogP contribution is -2.31. The molecular weight excluding hydrogens is 206 g/mol. The third kappa shape index (κ3) is 1.71. The monoisotopic (exact) mass is 221 g/mol. The summed E-state index contributed by atoms with van der Waals surface area (Å²) in [4.78, 5) is 16.2. The highest BCUT2D eigenvalue weighted by Crippen LogP contribution is 2.03. The summed E-state index contributed by atoms with van der Waals surface area (Å²) in [5, 5.41) is 4.54. The second kappa shape index (κ2) is 4.05. The largest absolute Gasteiger partial charge is 0.326 e. The molecule has 0 aliphatic carbocycles. The number of fused-ring (bicyclic) bond motifs is 1. The molecule has 2 heterocycles. The summed E-state index contributed by atoms with van der Waals surface area (Å²) in [7, 11) is 1.76. The molecule has 1 atom stereocenters. The number of nitrogens with two attached hydrogens (primary N) is 1. The van der Waals surface area contributed by atoms with Crippen LogP contribution in [0.5, 0.6) is 0 Å². The number of rotatable bonds is 3. The van der Waals surface area contributed by atoms with Crippen LogP contribution in [0.2, 0.25) is 0 Å². The van der Waals surface area contributed by atoms with E-state index in [2.05, 4.69) is 10.1 Å². The predicted octanol–water partition coefficient (Wildman–Crippen LogP) is -0.133. The minimum absolute atomic E-state index is 0.0198. The van der Waals surface area contributed by atoms with Crippen molar-refractivity contribution in [3.05, 3.63) is 22.9 Å². The molecule has 86 valence electrons. The van der Waals surface area contributed by atoms with Crippen molar-refractivity contribution in [1.29, 1.82) is 0 Å². The first kappa shape index (κ1) is 10.8. The maximum Gasteiger partial charge on any atom is 0.264 e. The summed E-state index contributed by atoms with van der Waals surface area (Å²) < 4.78 is 3.12. The Morgan fingerprint density at radius 3 is 3.00 bits per heavy atom. The Kier molecular flexibility index (Phi) is 2.74. The van der Waals surface area contributed by atoms with Crippen molar-refractivity contribution < 1.29 is 0 Å². The molecule has 1 unspecified atom stereocenters. The van der Waals surface area contributed by atoms with Crippen molar-refractivity contribution >= 4 is 11.0 Å². The molecule has 6 nitrogen and oxygen atoms in total. The Morgan fingerprint density at radius 1 is 1.56 bits per heavy atom. The van der Waals surface area contributed by atoms with Crippen LogP contribution in [-0.4, -0.2) is 25.4 Å². The molecule has 0 aliphatic rings. The molecular formula is C10H15N5O. The number of hydrogen-bond acceptors (Lipinski definition) is 4.